The lowest BCUT2D eigenvalue weighted by molar-refractivity contribution is 0.0998. The van der Waals surface area contributed by atoms with Crippen molar-refractivity contribution in [1.82, 2.24) is 9.97 Å². The largest absolute Gasteiger partial charge is 0.382 e. The van der Waals surface area contributed by atoms with Crippen LogP contribution in [0.15, 0.2) is 35.3 Å². The van der Waals surface area contributed by atoms with E-state index in [2.05, 4.69) is 19.9 Å². The van der Waals surface area contributed by atoms with Gasteiger partial charge in [-0.05, 0) is 12.8 Å². The fourth-order valence-corrected chi connectivity index (χ4v) is 2.71. The van der Waals surface area contributed by atoms with E-state index in [4.69, 9.17) is 17.2 Å². The minimum atomic E-state index is -0.704. The smallest absolute Gasteiger partial charge is 0.302 e. The maximum atomic E-state index is 12.1. The van der Waals surface area contributed by atoms with Crippen LogP contribution in [0, 0.1) is 0 Å². The number of carbonyl (C=O) groups is 1. The predicted octanol–water partition coefficient (Wildman–Crippen LogP) is 0.740. The second-order valence-electron chi connectivity index (χ2n) is 5.53. The molecular weight excluding hydrogens is 306 g/mol. The third kappa shape index (κ3) is 3.12. The van der Waals surface area contributed by atoms with Crippen LogP contribution in [-0.4, -0.2) is 34.9 Å². The first-order valence-electron chi connectivity index (χ1n) is 7.68. The van der Waals surface area contributed by atoms with Crippen molar-refractivity contribution in [3.8, 4) is 11.3 Å². The van der Waals surface area contributed by atoms with E-state index < -0.39 is 5.91 Å². The minimum Gasteiger partial charge on any atom is -0.382 e. The molecule has 1 aromatic heterocycles. The third-order valence-corrected chi connectivity index (χ3v) is 3.79. The van der Waals surface area contributed by atoms with Crippen LogP contribution in [-0.2, 0) is 0 Å². The number of aromatic nitrogens is 2. The average Bonchev–Trinajstić information content (AvgIpc) is 3.09. The molecule has 0 aliphatic carbocycles. The third-order valence-electron chi connectivity index (χ3n) is 3.79. The molecule has 1 aliphatic heterocycles. The zero-order valence-electron chi connectivity index (χ0n) is 13.1. The Morgan fingerprint density at radius 3 is 2.38 bits per heavy atom. The van der Waals surface area contributed by atoms with E-state index in [-0.39, 0.29) is 17.5 Å². The minimum absolute atomic E-state index is 0.0200. The van der Waals surface area contributed by atoms with Crippen molar-refractivity contribution in [1.29, 1.82) is 0 Å². The Balaban J connectivity index is 2.15. The van der Waals surface area contributed by atoms with Gasteiger partial charge in [-0.3, -0.25) is 4.79 Å². The molecule has 0 atom stereocenters. The van der Waals surface area contributed by atoms with Crippen molar-refractivity contribution >= 4 is 23.5 Å². The van der Waals surface area contributed by atoms with Gasteiger partial charge >= 0.3 is 5.91 Å². The number of guanidine groups is 1. The molecular formula is C16H19N7O. The summed E-state index contributed by atoms with van der Waals surface area (Å²) in [6, 6.07) is 9.54. The molecule has 6 N–H and O–H groups in total. The summed E-state index contributed by atoms with van der Waals surface area (Å²) in [4.78, 5) is 26.7. The van der Waals surface area contributed by atoms with Gasteiger partial charge in [-0.1, -0.05) is 30.3 Å². The highest BCUT2D eigenvalue weighted by molar-refractivity contribution is 6.03. The number of hydrogen-bond donors (Lipinski definition) is 3. The van der Waals surface area contributed by atoms with Crippen LogP contribution in [0.2, 0.25) is 0 Å². The molecule has 3 rings (SSSR count). The number of amides is 1. The molecule has 1 amide bonds. The monoisotopic (exact) mass is 325 g/mol. The van der Waals surface area contributed by atoms with E-state index in [0.29, 0.717) is 11.5 Å². The van der Waals surface area contributed by atoms with Crippen molar-refractivity contribution in [2.24, 2.45) is 16.5 Å². The summed E-state index contributed by atoms with van der Waals surface area (Å²) in [6.45, 7) is 1.77. The SMILES string of the molecule is NC(N)=NC(=O)c1nc(-c2ccccc2)c(N2CCCC2)nc1N. The highest BCUT2D eigenvalue weighted by Crippen LogP contribution is 2.31. The van der Waals surface area contributed by atoms with Crippen molar-refractivity contribution in [2.45, 2.75) is 12.8 Å². The Morgan fingerprint density at radius 1 is 1.08 bits per heavy atom. The van der Waals surface area contributed by atoms with E-state index in [1.807, 2.05) is 30.3 Å². The Hall–Kier alpha value is -3.16. The number of nitrogen functional groups attached to an aromatic ring is 1. The van der Waals surface area contributed by atoms with Crippen molar-refractivity contribution in [3.05, 3.63) is 36.0 Å². The Labute approximate surface area is 139 Å². The Bertz CT molecular complexity index is 779. The van der Waals surface area contributed by atoms with Gasteiger partial charge < -0.3 is 22.1 Å². The average molecular weight is 325 g/mol. The van der Waals surface area contributed by atoms with E-state index in [9.17, 15) is 4.79 Å². The molecule has 1 aromatic carbocycles. The van der Waals surface area contributed by atoms with Gasteiger partial charge in [0.1, 0.15) is 5.69 Å². The first-order valence-corrected chi connectivity index (χ1v) is 7.68. The number of hydrogen-bond acceptors (Lipinski definition) is 5. The molecule has 2 aromatic rings. The fraction of sp³-hybridized carbons (Fsp3) is 0.250. The summed E-state index contributed by atoms with van der Waals surface area (Å²) in [5, 5.41) is 0. The van der Waals surface area contributed by atoms with Crippen LogP contribution >= 0.6 is 0 Å². The van der Waals surface area contributed by atoms with E-state index in [1.165, 1.54) is 0 Å². The summed E-state index contributed by atoms with van der Waals surface area (Å²) in [7, 11) is 0. The van der Waals surface area contributed by atoms with Crippen LogP contribution in [0.4, 0.5) is 11.6 Å². The predicted molar refractivity (Wildman–Crippen MR) is 93.5 cm³/mol. The molecule has 1 saturated heterocycles. The molecule has 8 nitrogen and oxygen atoms in total. The Morgan fingerprint density at radius 2 is 1.75 bits per heavy atom. The van der Waals surface area contributed by atoms with Crippen molar-refractivity contribution in [2.75, 3.05) is 23.7 Å². The van der Waals surface area contributed by atoms with Crippen LogP contribution in [0.5, 0.6) is 0 Å². The second kappa shape index (κ2) is 6.53. The number of nitrogens with two attached hydrogens (primary N) is 3. The molecule has 1 aliphatic rings. The lowest BCUT2D eigenvalue weighted by Crippen LogP contribution is -2.25. The number of aliphatic imine (C=N–C) groups is 1. The topological polar surface area (TPSA) is 137 Å². The van der Waals surface area contributed by atoms with Gasteiger partial charge in [0, 0.05) is 18.7 Å². The summed E-state index contributed by atoms with van der Waals surface area (Å²) in [5.41, 5.74) is 17.9. The number of nitrogens with zero attached hydrogens (tertiary/aromatic N) is 4. The summed E-state index contributed by atoms with van der Waals surface area (Å²) < 4.78 is 0. The maximum Gasteiger partial charge on any atom is 0.302 e. The lowest BCUT2D eigenvalue weighted by Gasteiger charge is -2.20. The van der Waals surface area contributed by atoms with Gasteiger partial charge in [0.15, 0.2) is 23.3 Å². The molecule has 0 saturated carbocycles. The normalized spacial score (nSPS) is 13.8. The molecule has 0 bridgehead atoms. The van der Waals surface area contributed by atoms with Gasteiger partial charge in [-0.2, -0.15) is 4.99 Å². The highest BCUT2D eigenvalue weighted by Gasteiger charge is 2.23. The van der Waals surface area contributed by atoms with E-state index >= 15 is 0 Å². The molecule has 1 fully saturated rings. The summed E-state index contributed by atoms with van der Waals surface area (Å²) in [5.74, 6) is -0.347. The number of rotatable bonds is 3. The van der Waals surface area contributed by atoms with Crippen molar-refractivity contribution < 1.29 is 4.79 Å². The van der Waals surface area contributed by atoms with Gasteiger partial charge in [-0.25, -0.2) is 9.97 Å². The maximum absolute atomic E-state index is 12.1. The molecule has 0 radical (unpaired) electrons. The van der Waals surface area contributed by atoms with Gasteiger partial charge in [0.05, 0.1) is 0 Å². The van der Waals surface area contributed by atoms with Crippen LogP contribution in [0.3, 0.4) is 0 Å². The molecule has 24 heavy (non-hydrogen) atoms. The van der Waals surface area contributed by atoms with Crippen LogP contribution in [0.25, 0.3) is 11.3 Å². The molecule has 2 heterocycles. The zero-order valence-corrected chi connectivity index (χ0v) is 13.1. The van der Waals surface area contributed by atoms with Crippen LogP contribution in [0.1, 0.15) is 23.3 Å². The summed E-state index contributed by atoms with van der Waals surface area (Å²) >= 11 is 0. The second-order valence-corrected chi connectivity index (χ2v) is 5.53. The fourth-order valence-electron chi connectivity index (χ4n) is 2.71. The van der Waals surface area contributed by atoms with E-state index in [1.54, 1.807) is 0 Å². The van der Waals surface area contributed by atoms with Crippen LogP contribution < -0.4 is 22.1 Å². The molecule has 8 heteroatoms. The Kier molecular flexibility index (Phi) is 4.28. The zero-order chi connectivity index (χ0) is 17.1. The highest BCUT2D eigenvalue weighted by atomic mass is 16.1. The van der Waals surface area contributed by atoms with Crippen molar-refractivity contribution in [3.63, 3.8) is 0 Å². The number of benzene rings is 1. The first-order chi connectivity index (χ1) is 11.6. The van der Waals surface area contributed by atoms with E-state index in [0.717, 1.165) is 31.5 Å². The molecule has 0 unspecified atom stereocenters. The van der Waals surface area contributed by atoms with Gasteiger partial charge in [0.2, 0.25) is 0 Å². The number of carbonyl (C=O) groups excluding carboxylic acids is 1. The molecule has 0 spiro atoms. The van der Waals surface area contributed by atoms with Gasteiger partial charge in [-0.15, -0.1) is 0 Å². The quantitative estimate of drug-likeness (QED) is 0.559. The number of anilines is 2. The summed E-state index contributed by atoms with van der Waals surface area (Å²) in [6.07, 6.45) is 2.18. The van der Waals surface area contributed by atoms with Gasteiger partial charge in [0.25, 0.3) is 0 Å². The first kappa shape index (κ1) is 15.7. The lowest BCUT2D eigenvalue weighted by atomic mass is 10.1. The standard InChI is InChI=1S/C16H19N7O/c17-13-12(15(24)22-16(18)19)20-11(10-6-2-1-3-7-10)14(21-13)23-8-4-5-9-23/h1-3,6-7H,4-5,8-9H2,(H2,17,21)(H4,18,19,22,24). The molecule has 124 valence electrons.